The molecule has 4 N–H and O–H groups in total. The molecule has 9 unspecified atom stereocenters. The number of nitrogens with zero attached hydrogens (tertiary/aromatic N) is 3. The number of nitrogens with one attached hydrogen (secondary N) is 2. The average Bonchev–Trinajstić information content (AvgIpc) is 3.76. The van der Waals surface area contributed by atoms with Gasteiger partial charge in [-0.2, -0.15) is 0 Å². The van der Waals surface area contributed by atoms with E-state index in [1.807, 2.05) is 18.9 Å². The molecule has 0 spiro atoms. The first-order chi connectivity index (χ1) is 21.0. The third-order valence-corrected chi connectivity index (χ3v) is 10.9. The van der Waals surface area contributed by atoms with Crippen molar-refractivity contribution in [3.63, 3.8) is 0 Å². The fourth-order valence-corrected chi connectivity index (χ4v) is 7.94. The van der Waals surface area contributed by atoms with E-state index in [0.29, 0.717) is 30.8 Å². The van der Waals surface area contributed by atoms with Gasteiger partial charge >= 0.3 is 0 Å². The Bertz CT molecular complexity index is 987. The molecule has 0 aromatic heterocycles. The SMILES string of the molecule is CCC(C)C(C(CC(=O)N1CCCC1C(OC)C(C)C(=O)NCCSN)OC)N(C)C(=O)CNC(=O)C1C2CCC(C2)N1C. The Morgan fingerprint density at radius 3 is 2.41 bits per heavy atom. The topological polar surface area (TPSA) is 147 Å². The molecule has 0 aromatic carbocycles. The number of methoxy groups -OCH3 is 2. The quantitative estimate of drug-likeness (QED) is 0.158. The van der Waals surface area contributed by atoms with Crippen molar-refractivity contribution in [2.24, 2.45) is 22.9 Å². The Morgan fingerprint density at radius 2 is 1.82 bits per heavy atom. The monoisotopic (exact) mass is 640 g/mol. The van der Waals surface area contributed by atoms with E-state index in [4.69, 9.17) is 14.6 Å². The molecule has 4 amide bonds. The van der Waals surface area contributed by atoms with E-state index in [1.165, 1.54) is 11.9 Å². The molecule has 2 aliphatic heterocycles. The largest absolute Gasteiger partial charge is 0.379 e. The molecule has 3 aliphatic rings. The van der Waals surface area contributed by atoms with Crippen LogP contribution in [0.2, 0.25) is 0 Å². The maximum absolute atomic E-state index is 13.8. The first-order valence-corrected chi connectivity index (χ1v) is 17.2. The smallest absolute Gasteiger partial charge is 0.242 e. The number of amides is 4. The number of carbonyl (C=O) groups is 4. The number of hydrogen-bond acceptors (Lipinski definition) is 9. The molecule has 1 aliphatic carbocycles. The maximum Gasteiger partial charge on any atom is 0.242 e. The van der Waals surface area contributed by atoms with E-state index in [1.54, 1.807) is 26.2 Å². The summed E-state index contributed by atoms with van der Waals surface area (Å²) in [5, 5.41) is 11.3. The number of likely N-dealkylation sites (tertiary alicyclic amines) is 2. The van der Waals surface area contributed by atoms with Crippen molar-refractivity contribution in [2.75, 3.05) is 53.7 Å². The van der Waals surface area contributed by atoms with Crippen LogP contribution in [0.1, 0.15) is 65.7 Å². The zero-order valence-corrected chi connectivity index (χ0v) is 28.6. The molecule has 2 saturated heterocycles. The average molecular weight is 641 g/mol. The third-order valence-electron chi connectivity index (χ3n) is 10.4. The molecule has 252 valence electrons. The second kappa shape index (κ2) is 17.1. The minimum Gasteiger partial charge on any atom is -0.379 e. The Labute approximate surface area is 268 Å². The van der Waals surface area contributed by atoms with Crippen LogP contribution in [-0.2, 0) is 28.7 Å². The number of ether oxygens (including phenoxy) is 2. The van der Waals surface area contributed by atoms with Crippen molar-refractivity contribution in [1.29, 1.82) is 0 Å². The predicted molar refractivity (Wildman–Crippen MR) is 171 cm³/mol. The van der Waals surface area contributed by atoms with Gasteiger partial charge in [0.05, 0.1) is 49.2 Å². The molecule has 3 rings (SSSR count). The molecular weight excluding hydrogens is 584 g/mol. The molecule has 44 heavy (non-hydrogen) atoms. The van der Waals surface area contributed by atoms with Crippen LogP contribution in [0.5, 0.6) is 0 Å². The zero-order chi connectivity index (χ0) is 32.6. The van der Waals surface area contributed by atoms with Gasteiger partial charge in [0, 0.05) is 46.2 Å². The lowest BCUT2D eigenvalue weighted by molar-refractivity contribution is -0.145. The summed E-state index contributed by atoms with van der Waals surface area (Å²) in [7, 11) is 6.88. The summed E-state index contributed by atoms with van der Waals surface area (Å²) in [6.07, 6.45) is 4.66. The minimum absolute atomic E-state index is 0.0469. The van der Waals surface area contributed by atoms with Gasteiger partial charge in [0.1, 0.15) is 0 Å². The maximum atomic E-state index is 13.8. The second-order valence-electron chi connectivity index (χ2n) is 12.9. The molecule has 2 heterocycles. The molecule has 2 bridgehead atoms. The Kier molecular flexibility index (Phi) is 14.2. The molecule has 0 radical (unpaired) electrons. The van der Waals surface area contributed by atoms with Gasteiger partial charge in [-0.15, -0.1) is 0 Å². The first kappa shape index (κ1) is 36.5. The van der Waals surface area contributed by atoms with Gasteiger partial charge in [0.25, 0.3) is 0 Å². The third kappa shape index (κ3) is 8.45. The zero-order valence-electron chi connectivity index (χ0n) is 27.8. The van der Waals surface area contributed by atoms with E-state index in [0.717, 1.165) is 38.5 Å². The molecule has 3 fully saturated rings. The summed E-state index contributed by atoms with van der Waals surface area (Å²) in [6.45, 7) is 6.87. The minimum atomic E-state index is -0.546. The number of carbonyl (C=O) groups excluding carboxylic acids is 4. The van der Waals surface area contributed by atoms with E-state index in [9.17, 15) is 19.2 Å². The number of nitrogens with two attached hydrogens (primary N) is 1. The fraction of sp³-hybridized carbons (Fsp3) is 0.871. The summed E-state index contributed by atoms with van der Waals surface area (Å²) < 4.78 is 11.7. The highest BCUT2D eigenvalue weighted by molar-refractivity contribution is 7.97. The molecular formula is C31H56N6O6S. The van der Waals surface area contributed by atoms with Gasteiger partial charge in [0.2, 0.25) is 23.6 Å². The number of piperidine rings is 1. The summed E-state index contributed by atoms with van der Waals surface area (Å²) in [5.41, 5.74) is 0. The van der Waals surface area contributed by atoms with Crippen LogP contribution in [0.25, 0.3) is 0 Å². The van der Waals surface area contributed by atoms with Crippen LogP contribution < -0.4 is 15.8 Å². The molecule has 9 atom stereocenters. The highest BCUT2D eigenvalue weighted by Crippen LogP contribution is 2.41. The van der Waals surface area contributed by atoms with Crippen molar-refractivity contribution >= 4 is 35.6 Å². The van der Waals surface area contributed by atoms with E-state index in [-0.39, 0.29) is 60.6 Å². The highest BCUT2D eigenvalue weighted by atomic mass is 32.2. The highest BCUT2D eigenvalue weighted by Gasteiger charge is 2.47. The van der Waals surface area contributed by atoms with Crippen molar-refractivity contribution in [2.45, 2.75) is 102 Å². The lowest BCUT2D eigenvalue weighted by Gasteiger charge is -2.39. The predicted octanol–water partition coefficient (Wildman–Crippen LogP) is 1.23. The summed E-state index contributed by atoms with van der Waals surface area (Å²) >= 11 is 1.17. The lowest BCUT2D eigenvalue weighted by atomic mass is 9.90. The summed E-state index contributed by atoms with van der Waals surface area (Å²) in [4.78, 5) is 58.7. The standard InChI is InChI=1S/C31H56N6O6S/c1-8-19(2)27(36(5)26(39)18-34-31(41)28-21-11-12-22(16-21)35(28)4)24(42-6)17-25(38)37-14-9-10-23(37)29(43-7)20(3)30(40)33-13-15-44-32/h19-24,27-29H,8-18,32H2,1-7H3,(H,33,40)(H,34,41). The van der Waals surface area contributed by atoms with Crippen molar-refractivity contribution in [3.05, 3.63) is 0 Å². The van der Waals surface area contributed by atoms with Crippen LogP contribution in [0.15, 0.2) is 0 Å². The van der Waals surface area contributed by atoms with E-state index in [2.05, 4.69) is 29.4 Å². The number of hydrogen-bond donors (Lipinski definition) is 3. The summed E-state index contributed by atoms with van der Waals surface area (Å²) in [5.74, 6) is 0.0446. The Balaban J connectivity index is 1.65. The molecule has 13 heteroatoms. The van der Waals surface area contributed by atoms with Gasteiger partial charge < -0.3 is 29.9 Å². The van der Waals surface area contributed by atoms with Crippen molar-refractivity contribution < 1.29 is 28.7 Å². The number of fused-ring (bicyclic) bond motifs is 2. The van der Waals surface area contributed by atoms with Gasteiger partial charge in [-0.3, -0.25) is 29.2 Å². The van der Waals surface area contributed by atoms with Crippen molar-refractivity contribution in [1.82, 2.24) is 25.3 Å². The van der Waals surface area contributed by atoms with Crippen LogP contribution in [-0.4, -0.2) is 128 Å². The molecule has 1 saturated carbocycles. The number of likely N-dealkylation sites (N-methyl/N-ethyl adjacent to an activating group) is 2. The first-order valence-electron chi connectivity index (χ1n) is 16.2. The Hall–Kier alpha value is -1.93. The van der Waals surface area contributed by atoms with Crippen LogP contribution in [0, 0.1) is 17.8 Å². The van der Waals surface area contributed by atoms with Crippen LogP contribution >= 0.6 is 11.9 Å². The lowest BCUT2D eigenvalue weighted by Crippen LogP contribution is -2.55. The summed E-state index contributed by atoms with van der Waals surface area (Å²) in [6, 6.07) is -0.327. The van der Waals surface area contributed by atoms with Gasteiger partial charge in [-0.05, 0) is 51.0 Å². The van der Waals surface area contributed by atoms with Crippen molar-refractivity contribution in [3.8, 4) is 0 Å². The second-order valence-corrected chi connectivity index (χ2v) is 13.6. The fourth-order valence-electron chi connectivity index (χ4n) is 7.72. The van der Waals surface area contributed by atoms with Crippen LogP contribution in [0.4, 0.5) is 0 Å². The Morgan fingerprint density at radius 1 is 1.09 bits per heavy atom. The number of rotatable bonds is 17. The van der Waals surface area contributed by atoms with Gasteiger partial charge in [-0.25, -0.2) is 0 Å². The molecule has 12 nitrogen and oxygen atoms in total. The van der Waals surface area contributed by atoms with Gasteiger partial charge in [-0.1, -0.05) is 39.1 Å². The van der Waals surface area contributed by atoms with Crippen LogP contribution in [0.3, 0.4) is 0 Å². The van der Waals surface area contributed by atoms with E-state index < -0.39 is 18.1 Å². The normalized spacial score (nSPS) is 26.6. The molecule has 0 aromatic rings. The van der Waals surface area contributed by atoms with Gasteiger partial charge in [0.15, 0.2) is 0 Å². The van der Waals surface area contributed by atoms with E-state index >= 15 is 0 Å².